The maximum absolute atomic E-state index is 10.1. The number of furan rings is 1. The molecule has 0 saturated carbocycles. The minimum atomic E-state index is 0.156. The van der Waals surface area contributed by atoms with Crippen LogP contribution in [0.4, 0.5) is 5.88 Å². The standard InChI is InChI=1S/C28H23ClN2O5/c1-32-20-9-5-17(6-10-20)26-22(15-30)28(36-27(26)18-7-11-21(33-2)12-8-18)31-16-19-13-23(29)25(35-4)14-24(19)34-3/h5-14,16H,1-4H3. The van der Waals surface area contributed by atoms with E-state index in [1.807, 2.05) is 48.5 Å². The molecule has 4 rings (SSSR count). The van der Waals surface area contributed by atoms with Crippen molar-refractivity contribution < 1.29 is 23.4 Å². The number of ether oxygens (including phenoxy) is 4. The Morgan fingerprint density at radius 1 is 0.806 bits per heavy atom. The lowest BCUT2D eigenvalue weighted by Crippen LogP contribution is -1.93. The summed E-state index contributed by atoms with van der Waals surface area (Å²) in [7, 11) is 6.27. The lowest BCUT2D eigenvalue weighted by atomic mass is 9.98. The van der Waals surface area contributed by atoms with E-state index in [0.717, 1.165) is 11.1 Å². The largest absolute Gasteiger partial charge is 0.497 e. The van der Waals surface area contributed by atoms with Gasteiger partial charge < -0.3 is 23.4 Å². The minimum absolute atomic E-state index is 0.156. The van der Waals surface area contributed by atoms with Crippen molar-refractivity contribution in [3.8, 4) is 51.5 Å². The van der Waals surface area contributed by atoms with E-state index >= 15 is 0 Å². The van der Waals surface area contributed by atoms with E-state index in [0.29, 0.717) is 50.5 Å². The average Bonchev–Trinajstić information content (AvgIpc) is 3.30. The normalized spacial score (nSPS) is 10.8. The zero-order valence-electron chi connectivity index (χ0n) is 20.2. The van der Waals surface area contributed by atoms with E-state index < -0.39 is 0 Å². The average molecular weight is 503 g/mol. The summed E-state index contributed by atoms with van der Waals surface area (Å²) in [5, 5.41) is 10.5. The second-order valence-electron chi connectivity index (χ2n) is 7.54. The Bertz CT molecular complexity index is 1440. The van der Waals surface area contributed by atoms with Crippen LogP contribution < -0.4 is 18.9 Å². The number of benzene rings is 3. The molecule has 0 fully saturated rings. The van der Waals surface area contributed by atoms with Crippen molar-refractivity contribution >= 4 is 23.7 Å². The molecule has 0 saturated heterocycles. The summed E-state index contributed by atoms with van der Waals surface area (Å²) in [6.45, 7) is 0. The summed E-state index contributed by atoms with van der Waals surface area (Å²) in [6.07, 6.45) is 1.54. The highest BCUT2D eigenvalue weighted by Gasteiger charge is 2.23. The summed E-state index contributed by atoms with van der Waals surface area (Å²) >= 11 is 6.30. The molecule has 3 aromatic carbocycles. The third kappa shape index (κ3) is 4.85. The van der Waals surface area contributed by atoms with Crippen molar-refractivity contribution in [2.45, 2.75) is 0 Å². The van der Waals surface area contributed by atoms with Crippen LogP contribution >= 0.6 is 11.6 Å². The maximum Gasteiger partial charge on any atom is 0.238 e. The van der Waals surface area contributed by atoms with Crippen molar-refractivity contribution in [1.82, 2.24) is 0 Å². The number of nitrogens with zero attached hydrogens (tertiary/aromatic N) is 2. The molecule has 0 aliphatic heterocycles. The van der Waals surface area contributed by atoms with Crippen molar-refractivity contribution in [3.05, 3.63) is 76.8 Å². The fraction of sp³-hybridized carbons (Fsp3) is 0.143. The van der Waals surface area contributed by atoms with Gasteiger partial charge in [0.2, 0.25) is 5.88 Å². The lowest BCUT2D eigenvalue weighted by molar-refractivity contribution is 0.394. The Morgan fingerprint density at radius 2 is 1.39 bits per heavy atom. The molecule has 0 radical (unpaired) electrons. The number of nitriles is 1. The van der Waals surface area contributed by atoms with E-state index in [1.54, 1.807) is 32.6 Å². The molecule has 1 heterocycles. The third-order valence-corrected chi connectivity index (χ3v) is 5.85. The van der Waals surface area contributed by atoms with Gasteiger partial charge in [0.05, 0.1) is 33.5 Å². The molecule has 4 aromatic rings. The van der Waals surface area contributed by atoms with Crippen LogP contribution in [-0.4, -0.2) is 34.7 Å². The van der Waals surface area contributed by atoms with Gasteiger partial charge in [-0.3, -0.25) is 0 Å². The molecule has 7 nitrogen and oxygen atoms in total. The Morgan fingerprint density at radius 3 is 1.92 bits per heavy atom. The second kappa shape index (κ2) is 10.9. The molecule has 0 bridgehead atoms. The summed E-state index contributed by atoms with van der Waals surface area (Å²) in [4.78, 5) is 4.51. The first-order valence-electron chi connectivity index (χ1n) is 10.8. The van der Waals surface area contributed by atoms with Gasteiger partial charge in [-0.2, -0.15) is 5.26 Å². The van der Waals surface area contributed by atoms with Gasteiger partial charge in [0.1, 0.15) is 40.4 Å². The van der Waals surface area contributed by atoms with Gasteiger partial charge in [0.15, 0.2) is 0 Å². The van der Waals surface area contributed by atoms with Crippen LogP contribution in [0.25, 0.3) is 22.5 Å². The third-order valence-electron chi connectivity index (χ3n) is 5.56. The predicted molar refractivity (Wildman–Crippen MR) is 139 cm³/mol. The number of halogens is 1. The Labute approximate surface area is 214 Å². The minimum Gasteiger partial charge on any atom is -0.497 e. The lowest BCUT2D eigenvalue weighted by Gasteiger charge is -2.08. The zero-order chi connectivity index (χ0) is 25.7. The molecular weight excluding hydrogens is 480 g/mol. The Kier molecular flexibility index (Phi) is 7.47. The molecule has 0 amide bonds. The Balaban J connectivity index is 1.87. The van der Waals surface area contributed by atoms with Crippen LogP contribution in [0.5, 0.6) is 23.0 Å². The van der Waals surface area contributed by atoms with E-state index in [9.17, 15) is 5.26 Å². The number of hydrogen-bond acceptors (Lipinski definition) is 7. The van der Waals surface area contributed by atoms with E-state index in [2.05, 4.69) is 11.1 Å². The fourth-order valence-electron chi connectivity index (χ4n) is 3.70. The molecule has 0 spiro atoms. The number of aliphatic imine (C=N–C) groups is 1. The maximum atomic E-state index is 10.1. The molecule has 1 aromatic heterocycles. The van der Waals surface area contributed by atoms with Crippen molar-refractivity contribution in [3.63, 3.8) is 0 Å². The molecule has 0 N–H and O–H groups in total. The number of methoxy groups -OCH3 is 4. The smallest absolute Gasteiger partial charge is 0.238 e. The predicted octanol–water partition coefficient (Wildman–Crippen LogP) is 6.92. The topological polar surface area (TPSA) is 86.2 Å². The first-order valence-corrected chi connectivity index (χ1v) is 11.2. The van der Waals surface area contributed by atoms with Gasteiger partial charge >= 0.3 is 0 Å². The second-order valence-corrected chi connectivity index (χ2v) is 7.95. The van der Waals surface area contributed by atoms with Gasteiger partial charge in [-0.15, -0.1) is 0 Å². The van der Waals surface area contributed by atoms with Gasteiger partial charge in [-0.05, 0) is 48.0 Å². The van der Waals surface area contributed by atoms with Crippen LogP contribution in [0.15, 0.2) is 70.1 Å². The van der Waals surface area contributed by atoms with Gasteiger partial charge in [0.25, 0.3) is 0 Å². The molecule has 8 heteroatoms. The first kappa shape index (κ1) is 24.7. The van der Waals surface area contributed by atoms with Crippen LogP contribution in [-0.2, 0) is 0 Å². The molecule has 182 valence electrons. The number of hydrogen-bond donors (Lipinski definition) is 0. The summed E-state index contributed by atoms with van der Waals surface area (Å²) in [5.74, 6) is 3.06. The van der Waals surface area contributed by atoms with Crippen LogP contribution in [0.1, 0.15) is 11.1 Å². The van der Waals surface area contributed by atoms with E-state index in [4.69, 9.17) is 35.0 Å². The molecule has 0 atom stereocenters. The van der Waals surface area contributed by atoms with Gasteiger partial charge in [-0.25, -0.2) is 4.99 Å². The summed E-state index contributed by atoms with van der Waals surface area (Å²) in [5.41, 5.74) is 3.07. The van der Waals surface area contributed by atoms with Crippen molar-refractivity contribution in [2.75, 3.05) is 28.4 Å². The molecule has 36 heavy (non-hydrogen) atoms. The molecule has 0 aliphatic rings. The summed E-state index contributed by atoms with van der Waals surface area (Å²) in [6, 6.07) is 20.4. The van der Waals surface area contributed by atoms with Crippen molar-refractivity contribution in [1.29, 1.82) is 5.26 Å². The van der Waals surface area contributed by atoms with Crippen molar-refractivity contribution in [2.24, 2.45) is 4.99 Å². The highest BCUT2D eigenvalue weighted by Crippen LogP contribution is 2.43. The molecular formula is C28H23ClN2O5. The SMILES string of the molecule is COc1ccc(-c2oc(N=Cc3cc(Cl)c(OC)cc3OC)c(C#N)c2-c2ccc(OC)cc2)cc1. The molecule has 0 aliphatic carbocycles. The van der Waals surface area contributed by atoms with Crippen LogP contribution in [0.2, 0.25) is 5.02 Å². The van der Waals surface area contributed by atoms with Crippen LogP contribution in [0, 0.1) is 11.3 Å². The van der Waals surface area contributed by atoms with E-state index in [-0.39, 0.29) is 5.88 Å². The quantitative estimate of drug-likeness (QED) is 0.243. The monoisotopic (exact) mass is 502 g/mol. The zero-order valence-corrected chi connectivity index (χ0v) is 20.9. The Hall–Kier alpha value is -4.41. The van der Waals surface area contributed by atoms with Crippen LogP contribution in [0.3, 0.4) is 0 Å². The van der Waals surface area contributed by atoms with Gasteiger partial charge in [0, 0.05) is 29.0 Å². The first-order chi connectivity index (χ1) is 17.5. The summed E-state index contributed by atoms with van der Waals surface area (Å²) < 4.78 is 27.5. The fourth-order valence-corrected chi connectivity index (χ4v) is 3.95. The highest BCUT2D eigenvalue weighted by atomic mass is 35.5. The molecule has 0 unspecified atom stereocenters. The van der Waals surface area contributed by atoms with E-state index in [1.165, 1.54) is 14.2 Å². The van der Waals surface area contributed by atoms with Gasteiger partial charge in [-0.1, -0.05) is 23.7 Å². The highest BCUT2D eigenvalue weighted by molar-refractivity contribution is 6.32. The number of rotatable bonds is 8.